The van der Waals surface area contributed by atoms with Crippen LogP contribution < -0.4 is 10.2 Å². The molecule has 0 N–H and O–H groups in total. The summed E-state index contributed by atoms with van der Waals surface area (Å²) in [7, 11) is 1.31. The van der Waals surface area contributed by atoms with Crippen molar-refractivity contribution in [3.05, 3.63) is 0 Å². The summed E-state index contributed by atoms with van der Waals surface area (Å²) < 4.78 is 0. The Morgan fingerprint density at radius 3 is 1.58 bits per heavy atom. The van der Waals surface area contributed by atoms with Crippen LogP contribution in [-0.2, 0) is 30.0 Å². The number of carboxylic acid groups (broad SMARTS) is 2. The van der Waals surface area contributed by atoms with Gasteiger partial charge in [-0.15, -0.1) is 8.58 Å². The molecule has 24 heavy (non-hydrogen) atoms. The number of carboxylic acids is 2. The third-order valence-electron chi connectivity index (χ3n) is 5.07. The summed E-state index contributed by atoms with van der Waals surface area (Å²) in [4.78, 5) is 17.8. The van der Waals surface area contributed by atoms with Crippen molar-refractivity contribution in [3.8, 4) is 0 Å². The van der Waals surface area contributed by atoms with E-state index in [4.69, 9.17) is 19.8 Å². The fourth-order valence-electron chi connectivity index (χ4n) is 4.86. The molecule has 4 rings (SSSR count). The molecule has 0 saturated heterocycles. The minimum atomic E-state index is -1.08. The van der Waals surface area contributed by atoms with Gasteiger partial charge in [-0.1, -0.05) is 13.3 Å². The first-order valence-electron chi connectivity index (χ1n) is 8.86. The summed E-state index contributed by atoms with van der Waals surface area (Å²) in [5, 5.41) is 18.7. The Bertz CT molecular complexity index is 345. The second-order valence-corrected chi connectivity index (χ2v) is 9.38. The van der Waals surface area contributed by atoms with Crippen molar-refractivity contribution in [2.24, 2.45) is 17.8 Å². The maximum Gasteiger partial charge on any atom is 2.00 e. The van der Waals surface area contributed by atoms with Crippen molar-refractivity contribution in [2.45, 2.75) is 77.3 Å². The molecule has 4 bridgehead atoms. The van der Waals surface area contributed by atoms with Crippen LogP contribution in [-0.4, -0.2) is 23.3 Å². The first kappa shape index (κ1) is 24.0. The topological polar surface area (TPSA) is 80.3 Å². The van der Waals surface area contributed by atoms with Crippen molar-refractivity contribution in [3.63, 3.8) is 0 Å². The molecule has 142 valence electrons. The minimum absolute atomic E-state index is 0. The van der Waals surface area contributed by atoms with Gasteiger partial charge in [-0.25, -0.2) is 0 Å². The van der Waals surface area contributed by atoms with Crippen LogP contribution in [0.1, 0.15) is 72.1 Å². The molecule has 1 unspecified atom stereocenters. The van der Waals surface area contributed by atoms with Crippen molar-refractivity contribution < 1.29 is 40.2 Å². The van der Waals surface area contributed by atoms with Crippen molar-refractivity contribution in [2.75, 3.05) is 6.16 Å². The Balaban J connectivity index is 0.000000503. The molecule has 0 aromatic rings. The molecule has 0 spiro atoms. The predicted octanol–water partition coefficient (Wildman–Crippen LogP) is 1.94. The number of rotatable bonds is 4. The van der Waals surface area contributed by atoms with Crippen LogP contribution in [0.2, 0.25) is 0 Å². The van der Waals surface area contributed by atoms with Gasteiger partial charge in [0.25, 0.3) is 0 Å². The summed E-state index contributed by atoms with van der Waals surface area (Å²) in [6.45, 7) is 4.28. The Kier molecular flexibility index (Phi) is 11.6. The quantitative estimate of drug-likeness (QED) is 0.374. The maximum absolute atomic E-state index is 8.89. The first-order valence-corrected chi connectivity index (χ1v) is 10.1. The van der Waals surface area contributed by atoms with Crippen molar-refractivity contribution in [1.29, 1.82) is 0 Å². The van der Waals surface area contributed by atoms with Gasteiger partial charge < -0.3 is 19.8 Å². The monoisotopic (exact) mass is 448 g/mol. The summed E-state index contributed by atoms with van der Waals surface area (Å²) in [6.07, 6.45) is 14.1. The second-order valence-electron chi connectivity index (χ2n) is 7.46. The van der Waals surface area contributed by atoms with Gasteiger partial charge in [0.1, 0.15) is 0 Å². The molecule has 6 heteroatoms. The van der Waals surface area contributed by atoms with Crippen LogP contribution in [0.25, 0.3) is 0 Å². The fourth-order valence-corrected chi connectivity index (χ4v) is 7.22. The number of unbranched alkanes of at least 4 members (excludes halogenated alkanes) is 1. The molecule has 4 aliphatic carbocycles. The summed E-state index contributed by atoms with van der Waals surface area (Å²) in [6, 6.07) is 0. The molecule has 0 heterocycles. The number of hydrogen-bond acceptors (Lipinski definition) is 4. The third-order valence-corrected chi connectivity index (χ3v) is 7.03. The van der Waals surface area contributed by atoms with Gasteiger partial charge in [0, 0.05) is 11.9 Å². The molecule has 0 aliphatic heterocycles. The standard InChI is InChI=1S/C14H25P.2C2H4O2.Pd/c1-2-3-4-15-14-8-11-5-12(9-14)7-13(6-11)10-14;2*1-2(3)4;/h11-13,15H,2-10H2,1H3;2*1H3,(H,3,4);/q;;;+2/p-2. The van der Waals surface area contributed by atoms with Gasteiger partial charge in [0.2, 0.25) is 0 Å². The van der Waals surface area contributed by atoms with Gasteiger partial charge in [0.15, 0.2) is 0 Å². The van der Waals surface area contributed by atoms with Gasteiger partial charge in [-0.2, -0.15) is 0 Å². The normalized spacial score (nSPS) is 32.2. The van der Waals surface area contributed by atoms with Gasteiger partial charge in [-0.3, -0.25) is 0 Å². The molecule has 4 saturated carbocycles. The zero-order chi connectivity index (χ0) is 17.5. The van der Waals surface area contributed by atoms with E-state index in [2.05, 4.69) is 6.92 Å². The van der Waals surface area contributed by atoms with Crippen LogP contribution in [0.3, 0.4) is 0 Å². The van der Waals surface area contributed by atoms with E-state index < -0.39 is 11.9 Å². The van der Waals surface area contributed by atoms with Crippen LogP contribution in [0.4, 0.5) is 0 Å². The van der Waals surface area contributed by atoms with Gasteiger partial charge in [0.05, 0.1) is 0 Å². The predicted molar refractivity (Wildman–Crippen MR) is 90.4 cm³/mol. The Labute approximate surface area is 162 Å². The molecule has 1 atom stereocenters. The average molecular weight is 449 g/mol. The fraction of sp³-hybridized carbons (Fsp3) is 0.889. The van der Waals surface area contributed by atoms with Crippen molar-refractivity contribution in [1.82, 2.24) is 0 Å². The number of hydrogen-bond donors (Lipinski definition) is 0. The van der Waals surface area contributed by atoms with E-state index in [-0.39, 0.29) is 20.4 Å². The van der Waals surface area contributed by atoms with E-state index in [1.165, 1.54) is 21.4 Å². The van der Waals surface area contributed by atoms with Crippen LogP contribution in [0.15, 0.2) is 0 Å². The van der Waals surface area contributed by atoms with Crippen LogP contribution in [0, 0.1) is 17.8 Å². The summed E-state index contributed by atoms with van der Waals surface area (Å²) in [5.74, 6) is 1.31. The van der Waals surface area contributed by atoms with Gasteiger partial charge >= 0.3 is 20.4 Å². The van der Waals surface area contributed by atoms with Gasteiger partial charge in [-0.05, 0) is 87.9 Å². The van der Waals surface area contributed by atoms with Crippen LogP contribution in [0.5, 0.6) is 0 Å². The Morgan fingerprint density at radius 1 is 0.958 bits per heavy atom. The first-order chi connectivity index (χ1) is 10.8. The Hall–Kier alpha value is 0.0323. The van der Waals surface area contributed by atoms with E-state index >= 15 is 0 Å². The van der Waals surface area contributed by atoms with E-state index in [1.54, 1.807) is 44.7 Å². The molecule has 0 radical (unpaired) electrons. The molecule has 4 aliphatic rings. The minimum Gasteiger partial charge on any atom is -0.550 e. The van der Waals surface area contributed by atoms with E-state index in [9.17, 15) is 0 Å². The van der Waals surface area contributed by atoms with E-state index in [0.29, 0.717) is 0 Å². The summed E-state index contributed by atoms with van der Waals surface area (Å²) in [5.41, 5.74) is 0. The van der Waals surface area contributed by atoms with Crippen molar-refractivity contribution >= 4 is 20.5 Å². The second kappa shape index (κ2) is 11.6. The Morgan fingerprint density at radius 2 is 1.29 bits per heavy atom. The third kappa shape index (κ3) is 8.93. The van der Waals surface area contributed by atoms with Crippen LogP contribution >= 0.6 is 8.58 Å². The number of aliphatic carboxylic acids is 2. The number of carbonyl (C=O) groups excluding carboxylic acids is 2. The number of carbonyl (C=O) groups is 2. The molecular formula is C18H31O4PPd. The zero-order valence-electron chi connectivity index (χ0n) is 15.0. The SMILES string of the molecule is CC(=O)[O-].CC(=O)[O-].CCCCPC12CC3CC(CC(C3)C1)C2.[Pd+2]. The summed E-state index contributed by atoms with van der Waals surface area (Å²) >= 11 is 0. The largest absolute Gasteiger partial charge is 2.00 e. The molecule has 4 fully saturated rings. The average Bonchev–Trinajstić information content (AvgIpc) is 2.35. The maximum atomic E-state index is 8.89. The molecule has 4 nitrogen and oxygen atoms in total. The van der Waals surface area contributed by atoms with E-state index in [1.807, 2.05) is 0 Å². The molecule has 0 aromatic heterocycles. The molecule has 0 aromatic carbocycles. The zero-order valence-corrected chi connectivity index (χ0v) is 17.6. The smallest absolute Gasteiger partial charge is 0.550 e. The van der Waals surface area contributed by atoms with E-state index in [0.717, 1.165) is 36.8 Å². The molecule has 0 amide bonds. The molecular weight excluding hydrogens is 418 g/mol.